The molecule has 1 aliphatic rings. The van der Waals surface area contributed by atoms with Crippen LogP contribution in [-0.2, 0) is 11.2 Å². The molecule has 0 unspecified atom stereocenters. The van der Waals surface area contributed by atoms with Crippen LogP contribution in [0, 0.1) is 5.92 Å². The Morgan fingerprint density at radius 2 is 2.06 bits per heavy atom. The molecule has 1 fully saturated rings. The Bertz CT molecular complexity index is 377. The molecule has 2 rings (SSSR count). The van der Waals surface area contributed by atoms with Crippen LogP contribution in [0.15, 0.2) is 24.3 Å². The van der Waals surface area contributed by atoms with Crippen molar-refractivity contribution in [1.29, 1.82) is 0 Å². The Kier molecular flexibility index (Phi) is 5.95. The van der Waals surface area contributed by atoms with E-state index < -0.39 is 0 Å². The molecule has 4 nitrogen and oxygen atoms in total. The van der Waals surface area contributed by atoms with Crippen molar-refractivity contribution in [3.05, 3.63) is 29.8 Å². The molecule has 5 heteroatoms. The summed E-state index contributed by atoms with van der Waals surface area (Å²) in [5.41, 5.74) is 1.21. The maximum atomic E-state index is 11.5. The van der Waals surface area contributed by atoms with Gasteiger partial charge in [0.15, 0.2) is 0 Å². The quantitative estimate of drug-likeness (QED) is 0.839. The van der Waals surface area contributed by atoms with Crippen LogP contribution < -0.4 is 15.4 Å². The van der Waals surface area contributed by atoms with Crippen LogP contribution in [0.2, 0.25) is 0 Å². The number of benzene rings is 1. The third-order valence-electron chi connectivity index (χ3n) is 3.02. The van der Waals surface area contributed by atoms with Crippen LogP contribution in [0.1, 0.15) is 5.56 Å². The molecule has 0 saturated carbocycles. The van der Waals surface area contributed by atoms with Gasteiger partial charge in [0.2, 0.25) is 5.91 Å². The fraction of sp³-hybridized carbons (Fsp3) is 0.462. The van der Waals surface area contributed by atoms with Crippen LogP contribution in [0.5, 0.6) is 5.75 Å². The number of nitrogens with one attached hydrogen (secondary N) is 2. The highest BCUT2D eigenvalue weighted by molar-refractivity contribution is 5.85. The lowest BCUT2D eigenvalue weighted by atomic mass is 10.0. The van der Waals surface area contributed by atoms with E-state index in [1.807, 2.05) is 24.3 Å². The average Bonchev–Trinajstić information content (AvgIpc) is 2.27. The summed E-state index contributed by atoms with van der Waals surface area (Å²) in [5, 5.41) is 6.04. The zero-order valence-electron chi connectivity index (χ0n) is 10.4. The second-order valence-electron chi connectivity index (χ2n) is 4.24. The van der Waals surface area contributed by atoms with Crippen molar-refractivity contribution in [3.8, 4) is 5.75 Å². The van der Waals surface area contributed by atoms with Gasteiger partial charge in [-0.1, -0.05) is 12.1 Å². The molecule has 0 atom stereocenters. The molecule has 0 aromatic heterocycles. The van der Waals surface area contributed by atoms with E-state index in [0.29, 0.717) is 6.54 Å². The zero-order valence-corrected chi connectivity index (χ0v) is 11.3. The van der Waals surface area contributed by atoms with Gasteiger partial charge < -0.3 is 15.4 Å². The van der Waals surface area contributed by atoms with E-state index in [-0.39, 0.29) is 24.2 Å². The van der Waals surface area contributed by atoms with E-state index in [2.05, 4.69) is 10.6 Å². The molecule has 0 bridgehead atoms. The Hall–Kier alpha value is -1.26. The minimum absolute atomic E-state index is 0. The number of hydrogen-bond donors (Lipinski definition) is 2. The predicted molar refractivity (Wildman–Crippen MR) is 73.3 cm³/mol. The molecule has 1 heterocycles. The molecular formula is C13H19ClN2O2. The zero-order chi connectivity index (χ0) is 12.1. The van der Waals surface area contributed by atoms with Crippen LogP contribution in [0.3, 0.4) is 0 Å². The fourth-order valence-electron chi connectivity index (χ4n) is 1.74. The highest BCUT2D eigenvalue weighted by Gasteiger charge is 2.23. The second kappa shape index (κ2) is 7.24. The molecule has 1 saturated heterocycles. The largest absolute Gasteiger partial charge is 0.497 e. The van der Waals surface area contributed by atoms with Crippen LogP contribution in [0.25, 0.3) is 0 Å². The Balaban J connectivity index is 0.00000162. The highest BCUT2D eigenvalue weighted by Crippen LogP contribution is 2.11. The third kappa shape index (κ3) is 3.89. The smallest absolute Gasteiger partial charge is 0.225 e. The summed E-state index contributed by atoms with van der Waals surface area (Å²) in [7, 11) is 1.65. The van der Waals surface area contributed by atoms with Crippen molar-refractivity contribution in [2.75, 3.05) is 26.7 Å². The standard InChI is InChI=1S/C13H18N2O2.ClH/c1-17-12-4-2-10(3-5-12)6-7-15-13(16)11-8-14-9-11;/h2-5,11,14H,6-9H2,1H3,(H,15,16);1H. The lowest BCUT2D eigenvalue weighted by Gasteiger charge is -2.25. The van der Waals surface area contributed by atoms with E-state index in [0.717, 1.165) is 25.3 Å². The fourth-order valence-corrected chi connectivity index (χ4v) is 1.74. The molecule has 1 aliphatic heterocycles. The van der Waals surface area contributed by atoms with Crippen molar-refractivity contribution < 1.29 is 9.53 Å². The van der Waals surface area contributed by atoms with Gasteiger partial charge in [0, 0.05) is 19.6 Å². The Morgan fingerprint density at radius 1 is 1.39 bits per heavy atom. The van der Waals surface area contributed by atoms with Gasteiger partial charge >= 0.3 is 0 Å². The number of hydrogen-bond acceptors (Lipinski definition) is 3. The van der Waals surface area contributed by atoms with E-state index in [1.165, 1.54) is 5.56 Å². The maximum Gasteiger partial charge on any atom is 0.225 e. The molecule has 1 aromatic carbocycles. The van der Waals surface area contributed by atoms with Gasteiger partial charge in [-0.15, -0.1) is 12.4 Å². The van der Waals surface area contributed by atoms with E-state index >= 15 is 0 Å². The van der Waals surface area contributed by atoms with Crippen molar-refractivity contribution >= 4 is 18.3 Å². The minimum atomic E-state index is 0. The topological polar surface area (TPSA) is 50.4 Å². The summed E-state index contributed by atoms with van der Waals surface area (Å²) in [6, 6.07) is 7.92. The summed E-state index contributed by atoms with van der Waals surface area (Å²) >= 11 is 0. The van der Waals surface area contributed by atoms with Crippen molar-refractivity contribution in [1.82, 2.24) is 10.6 Å². The van der Waals surface area contributed by atoms with Crippen molar-refractivity contribution in [2.24, 2.45) is 5.92 Å². The molecule has 1 amide bonds. The molecule has 1 aromatic rings. The SMILES string of the molecule is COc1ccc(CCNC(=O)C2CNC2)cc1.Cl. The van der Waals surface area contributed by atoms with Crippen LogP contribution in [-0.4, -0.2) is 32.7 Å². The number of rotatable bonds is 5. The van der Waals surface area contributed by atoms with Gasteiger partial charge in [-0.3, -0.25) is 4.79 Å². The first kappa shape index (κ1) is 14.8. The predicted octanol–water partition coefficient (Wildman–Crippen LogP) is 0.995. The first-order chi connectivity index (χ1) is 8.29. The van der Waals surface area contributed by atoms with E-state index in [4.69, 9.17) is 4.74 Å². The third-order valence-corrected chi connectivity index (χ3v) is 3.02. The van der Waals surface area contributed by atoms with Crippen LogP contribution in [0.4, 0.5) is 0 Å². The van der Waals surface area contributed by atoms with Crippen molar-refractivity contribution in [3.63, 3.8) is 0 Å². The second-order valence-corrected chi connectivity index (χ2v) is 4.24. The maximum absolute atomic E-state index is 11.5. The number of methoxy groups -OCH3 is 1. The summed E-state index contributed by atoms with van der Waals surface area (Å²) in [6.45, 7) is 2.32. The average molecular weight is 271 g/mol. The highest BCUT2D eigenvalue weighted by atomic mass is 35.5. The summed E-state index contributed by atoms with van der Waals surface area (Å²) in [6.07, 6.45) is 0.857. The van der Waals surface area contributed by atoms with Gasteiger partial charge in [0.1, 0.15) is 5.75 Å². The Labute approximate surface area is 114 Å². The van der Waals surface area contributed by atoms with Gasteiger partial charge in [0.25, 0.3) is 0 Å². The summed E-state index contributed by atoms with van der Waals surface area (Å²) in [5.74, 6) is 1.20. The molecule has 0 radical (unpaired) electrons. The number of carbonyl (C=O) groups excluding carboxylic acids is 1. The number of ether oxygens (including phenoxy) is 1. The van der Waals surface area contributed by atoms with Gasteiger partial charge in [-0.05, 0) is 24.1 Å². The number of amides is 1. The first-order valence-electron chi connectivity index (χ1n) is 5.91. The number of halogens is 1. The van der Waals surface area contributed by atoms with Gasteiger partial charge in [-0.25, -0.2) is 0 Å². The van der Waals surface area contributed by atoms with Gasteiger partial charge in [0.05, 0.1) is 13.0 Å². The summed E-state index contributed by atoms with van der Waals surface area (Å²) < 4.78 is 5.09. The minimum Gasteiger partial charge on any atom is -0.497 e. The normalized spacial score (nSPS) is 14.3. The summed E-state index contributed by atoms with van der Waals surface area (Å²) in [4.78, 5) is 11.5. The van der Waals surface area contributed by atoms with E-state index in [1.54, 1.807) is 7.11 Å². The molecule has 100 valence electrons. The first-order valence-corrected chi connectivity index (χ1v) is 5.91. The number of carbonyl (C=O) groups is 1. The van der Waals surface area contributed by atoms with Crippen molar-refractivity contribution in [2.45, 2.75) is 6.42 Å². The molecule has 2 N–H and O–H groups in total. The molecular weight excluding hydrogens is 252 g/mol. The lowest BCUT2D eigenvalue weighted by Crippen LogP contribution is -2.51. The molecule has 18 heavy (non-hydrogen) atoms. The van der Waals surface area contributed by atoms with Crippen LogP contribution >= 0.6 is 12.4 Å². The molecule has 0 aliphatic carbocycles. The lowest BCUT2D eigenvalue weighted by molar-refractivity contribution is -0.126. The monoisotopic (exact) mass is 270 g/mol. The van der Waals surface area contributed by atoms with E-state index in [9.17, 15) is 4.79 Å². The molecule has 0 spiro atoms. The Morgan fingerprint density at radius 3 is 2.56 bits per heavy atom. The van der Waals surface area contributed by atoms with Gasteiger partial charge in [-0.2, -0.15) is 0 Å².